The van der Waals surface area contributed by atoms with Crippen LogP contribution in [0.25, 0.3) is 22.0 Å². The molecule has 0 radical (unpaired) electrons. The number of hydrogen-bond donors (Lipinski definition) is 0. The van der Waals surface area contributed by atoms with Crippen LogP contribution in [0.4, 0.5) is 8.78 Å². The van der Waals surface area contributed by atoms with Crippen LogP contribution in [0.15, 0.2) is 53.5 Å². The minimum absolute atomic E-state index is 0.0779. The van der Waals surface area contributed by atoms with Crippen LogP contribution in [0.3, 0.4) is 0 Å². The van der Waals surface area contributed by atoms with E-state index in [4.69, 9.17) is 4.74 Å². The molecule has 0 spiro atoms. The molecule has 1 aliphatic rings. The fourth-order valence-electron chi connectivity index (χ4n) is 4.47. The van der Waals surface area contributed by atoms with E-state index >= 15 is 8.78 Å². The van der Waals surface area contributed by atoms with Crippen LogP contribution < -0.4 is 10.2 Å². The molecule has 0 atom stereocenters. The van der Waals surface area contributed by atoms with Crippen LogP contribution in [-0.4, -0.2) is 16.7 Å². The molecule has 2 aromatic carbocycles. The van der Waals surface area contributed by atoms with Gasteiger partial charge >= 0.3 is 0 Å². The second-order valence-electron chi connectivity index (χ2n) is 8.73. The van der Waals surface area contributed by atoms with Crippen LogP contribution in [0.2, 0.25) is 0 Å². The summed E-state index contributed by atoms with van der Waals surface area (Å²) in [5.41, 5.74) is 2.93. The topological polar surface area (TPSA) is 44.1 Å². The summed E-state index contributed by atoms with van der Waals surface area (Å²) in [7, 11) is 1.60. The van der Waals surface area contributed by atoms with Crippen molar-refractivity contribution in [2.24, 2.45) is 0 Å². The third kappa shape index (κ3) is 3.90. The average molecular weight is 446 g/mol. The number of nitrogens with zero attached hydrogens (tertiary/aromatic N) is 2. The van der Waals surface area contributed by atoms with Gasteiger partial charge in [0.1, 0.15) is 11.6 Å². The van der Waals surface area contributed by atoms with Crippen molar-refractivity contribution in [2.75, 3.05) is 7.11 Å². The van der Waals surface area contributed by atoms with Crippen molar-refractivity contribution in [1.29, 1.82) is 0 Å². The van der Waals surface area contributed by atoms with Gasteiger partial charge in [-0.15, -0.1) is 0 Å². The molecule has 2 heterocycles. The van der Waals surface area contributed by atoms with E-state index in [1.165, 1.54) is 6.07 Å². The highest BCUT2D eigenvalue weighted by molar-refractivity contribution is 5.87. The SMILES string of the molecule is COc1ccc(Cc2cn(C3CC3)c3c(F)c(-c4cc(C)nc(C)c4)c(F)cc3c2=O)cc1. The van der Waals surface area contributed by atoms with Gasteiger partial charge in [0.25, 0.3) is 0 Å². The number of hydrogen-bond acceptors (Lipinski definition) is 3. The first-order valence-electron chi connectivity index (χ1n) is 11.0. The molecule has 0 unspecified atom stereocenters. The molecule has 0 bridgehead atoms. The second-order valence-corrected chi connectivity index (χ2v) is 8.73. The zero-order valence-electron chi connectivity index (χ0n) is 18.8. The Hall–Kier alpha value is -3.54. The molecule has 6 heteroatoms. The molecule has 0 amide bonds. The van der Waals surface area contributed by atoms with Crippen LogP contribution >= 0.6 is 0 Å². The lowest BCUT2D eigenvalue weighted by Crippen LogP contribution is -2.17. The number of rotatable bonds is 5. The van der Waals surface area contributed by atoms with Gasteiger partial charge in [-0.05, 0) is 68.1 Å². The molecule has 4 aromatic rings. The lowest BCUT2D eigenvalue weighted by molar-refractivity contribution is 0.414. The normalized spacial score (nSPS) is 13.5. The van der Waals surface area contributed by atoms with Crippen molar-refractivity contribution in [2.45, 2.75) is 39.2 Å². The lowest BCUT2D eigenvalue weighted by Gasteiger charge is -2.17. The third-order valence-electron chi connectivity index (χ3n) is 6.15. The number of methoxy groups -OCH3 is 1. The predicted molar refractivity (Wildman–Crippen MR) is 125 cm³/mol. The van der Waals surface area contributed by atoms with Crippen molar-refractivity contribution >= 4 is 10.9 Å². The summed E-state index contributed by atoms with van der Waals surface area (Å²) >= 11 is 0. The van der Waals surface area contributed by atoms with Crippen molar-refractivity contribution in [1.82, 2.24) is 9.55 Å². The molecule has 4 nitrogen and oxygen atoms in total. The van der Waals surface area contributed by atoms with Crippen LogP contribution in [0, 0.1) is 25.5 Å². The van der Waals surface area contributed by atoms with E-state index < -0.39 is 11.6 Å². The Morgan fingerprint density at radius 3 is 2.33 bits per heavy atom. The molecule has 1 aliphatic carbocycles. The predicted octanol–water partition coefficient (Wildman–Crippen LogP) is 5.89. The molecule has 0 N–H and O–H groups in total. The van der Waals surface area contributed by atoms with Crippen LogP contribution in [0.1, 0.15) is 41.4 Å². The zero-order chi connectivity index (χ0) is 23.3. The molecule has 2 aromatic heterocycles. The number of halogens is 2. The van der Waals surface area contributed by atoms with E-state index in [-0.39, 0.29) is 27.9 Å². The Kier molecular flexibility index (Phi) is 5.23. The van der Waals surface area contributed by atoms with Crippen molar-refractivity contribution in [3.63, 3.8) is 0 Å². The maximum Gasteiger partial charge on any atom is 0.193 e. The summed E-state index contributed by atoms with van der Waals surface area (Å²) in [6, 6.07) is 12.1. The number of aromatic nitrogens is 2. The van der Waals surface area contributed by atoms with Gasteiger partial charge in [-0.25, -0.2) is 8.78 Å². The van der Waals surface area contributed by atoms with Crippen LogP contribution in [0.5, 0.6) is 5.75 Å². The van der Waals surface area contributed by atoms with E-state index in [0.717, 1.165) is 24.2 Å². The number of pyridine rings is 2. The number of benzene rings is 2. The van der Waals surface area contributed by atoms with E-state index in [1.54, 1.807) is 39.3 Å². The van der Waals surface area contributed by atoms with Crippen molar-refractivity contribution < 1.29 is 13.5 Å². The van der Waals surface area contributed by atoms with Gasteiger partial charge in [0.15, 0.2) is 11.2 Å². The minimum atomic E-state index is -0.744. The highest BCUT2D eigenvalue weighted by atomic mass is 19.1. The number of ether oxygens (including phenoxy) is 1. The Bertz CT molecular complexity index is 1420. The zero-order valence-corrected chi connectivity index (χ0v) is 18.8. The molecule has 33 heavy (non-hydrogen) atoms. The standard InChI is InChI=1S/C27H24F2N2O2/c1-15-10-18(11-16(2)30-15)24-23(28)13-22-26(25(24)29)31(20-6-7-20)14-19(27(22)32)12-17-4-8-21(33-3)9-5-17/h4-5,8-11,13-14,20H,6-7,12H2,1-3H3. The quantitative estimate of drug-likeness (QED) is 0.384. The van der Waals surface area contributed by atoms with Crippen LogP contribution in [-0.2, 0) is 6.42 Å². The average Bonchev–Trinajstić information content (AvgIpc) is 3.61. The molecule has 0 saturated heterocycles. The maximum absolute atomic E-state index is 15.9. The Balaban J connectivity index is 1.71. The molecular weight excluding hydrogens is 422 g/mol. The van der Waals surface area contributed by atoms with E-state index in [1.807, 2.05) is 28.8 Å². The molecular formula is C27H24F2N2O2. The first-order valence-corrected chi connectivity index (χ1v) is 11.0. The summed E-state index contributed by atoms with van der Waals surface area (Å²) in [6.45, 7) is 3.58. The van der Waals surface area contributed by atoms with Crippen molar-refractivity contribution in [3.05, 3.63) is 93.0 Å². The summed E-state index contributed by atoms with van der Waals surface area (Å²) < 4.78 is 38.2. The number of fused-ring (bicyclic) bond motifs is 1. The fourth-order valence-corrected chi connectivity index (χ4v) is 4.47. The first kappa shape index (κ1) is 21.3. The first-order chi connectivity index (χ1) is 15.9. The molecule has 168 valence electrons. The van der Waals surface area contributed by atoms with Gasteiger partial charge in [0.05, 0.1) is 23.6 Å². The summed E-state index contributed by atoms with van der Waals surface area (Å²) in [4.78, 5) is 17.6. The van der Waals surface area contributed by atoms with Gasteiger partial charge in [-0.2, -0.15) is 0 Å². The lowest BCUT2D eigenvalue weighted by atomic mass is 9.98. The fraction of sp³-hybridized carbons (Fsp3) is 0.259. The Morgan fingerprint density at radius 2 is 1.73 bits per heavy atom. The highest BCUT2D eigenvalue weighted by Crippen LogP contribution is 2.40. The van der Waals surface area contributed by atoms with Gasteiger partial charge in [0.2, 0.25) is 0 Å². The summed E-state index contributed by atoms with van der Waals surface area (Å²) in [5.74, 6) is -0.716. The molecule has 0 aliphatic heterocycles. The Labute approximate surface area is 190 Å². The smallest absolute Gasteiger partial charge is 0.193 e. The van der Waals surface area contributed by atoms with Gasteiger partial charge < -0.3 is 9.30 Å². The Morgan fingerprint density at radius 1 is 1.06 bits per heavy atom. The van der Waals surface area contributed by atoms with Crippen molar-refractivity contribution in [3.8, 4) is 16.9 Å². The third-order valence-corrected chi connectivity index (χ3v) is 6.15. The second kappa shape index (κ2) is 8.10. The largest absolute Gasteiger partial charge is 0.497 e. The van der Waals surface area contributed by atoms with Gasteiger partial charge in [-0.1, -0.05) is 12.1 Å². The van der Waals surface area contributed by atoms with E-state index in [9.17, 15) is 4.79 Å². The number of aryl methyl sites for hydroxylation is 2. The molecule has 1 saturated carbocycles. The van der Waals surface area contributed by atoms with E-state index in [0.29, 0.717) is 28.9 Å². The van der Waals surface area contributed by atoms with Gasteiger partial charge in [0, 0.05) is 35.6 Å². The monoisotopic (exact) mass is 446 g/mol. The van der Waals surface area contributed by atoms with Gasteiger partial charge in [-0.3, -0.25) is 9.78 Å². The molecule has 5 rings (SSSR count). The summed E-state index contributed by atoms with van der Waals surface area (Å²) in [5, 5.41) is 0.0779. The highest BCUT2D eigenvalue weighted by Gasteiger charge is 2.29. The molecule has 1 fully saturated rings. The minimum Gasteiger partial charge on any atom is -0.497 e. The maximum atomic E-state index is 15.9. The van der Waals surface area contributed by atoms with E-state index in [2.05, 4.69) is 4.98 Å². The summed E-state index contributed by atoms with van der Waals surface area (Å²) in [6.07, 6.45) is 3.93.